The summed E-state index contributed by atoms with van der Waals surface area (Å²) in [7, 11) is 0. The van der Waals surface area contributed by atoms with Crippen molar-refractivity contribution in [3.63, 3.8) is 0 Å². The monoisotopic (exact) mass is 306 g/mol. The van der Waals surface area contributed by atoms with Gasteiger partial charge in [0.05, 0.1) is 12.1 Å². The van der Waals surface area contributed by atoms with Crippen molar-refractivity contribution in [1.82, 2.24) is 15.1 Å². The molecule has 2 aliphatic rings. The van der Waals surface area contributed by atoms with E-state index in [1.807, 2.05) is 10.7 Å². The number of piperidine rings is 1. The highest BCUT2D eigenvalue weighted by atomic mass is 16.4. The molecule has 0 radical (unpaired) electrons. The largest absolute Gasteiger partial charge is 0.480 e. The number of carboxylic acids is 1. The maximum absolute atomic E-state index is 12.3. The van der Waals surface area contributed by atoms with Crippen LogP contribution < -0.4 is 10.6 Å². The Morgan fingerprint density at radius 2 is 2.18 bits per heavy atom. The third-order valence-corrected chi connectivity index (χ3v) is 4.71. The summed E-state index contributed by atoms with van der Waals surface area (Å²) in [6.07, 6.45) is 6.52. The maximum atomic E-state index is 12.3. The zero-order chi connectivity index (χ0) is 15.5. The van der Waals surface area contributed by atoms with Gasteiger partial charge >= 0.3 is 5.97 Å². The Morgan fingerprint density at radius 3 is 2.77 bits per heavy atom. The Balaban J connectivity index is 1.53. The maximum Gasteiger partial charge on any atom is 0.320 e. The van der Waals surface area contributed by atoms with E-state index in [1.54, 1.807) is 6.20 Å². The molecule has 0 bridgehead atoms. The molecule has 7 nitrogen and oxygen atoms in total. The molecule has 2 heterocycles. The van der Waals surface area contributed by atoms with Crippen LogP contribution in [0.25, 0.3) is 0 Å². The molecule has 3 N–H and O–H groups in total. The molecule has 22 heavy (non-hydrogen) atoms. The molecule has 2 atom stereocenters. The predicted molar refractivity (Wildman–Crippen MR) is 80.3 cm³/mol. The molecule has 0 aromatic carbocycles. The third kappa shape index (κ3) is 3.30. The second-order valence-electron chi connectivity index (χ2n) is 6.26. The van der Waals surface area contributed by atoms with E-state index in [2.05, 4.69) is 15.7 Å². The van der Waals surface area contributed by atoms with Crippen molar-refractivity contribution in [2.24, 2.45) is 11.8 Å². The van der Waals surface area contributed by atoms with Gasteiger partial charge in [0.25, 0.3) is 0 Å². The van der Waals surface area contributed by atoms with Crippen LogP contribution >= 0.6 is 0 Å². The predicted octanol–water partition coefficient (Wildman–Crippen LogP) is 1.07. The molecule has 7 heteroatoms. The van der Waals surface area contributed by atoms with E-state index in [9.17, 15) is 9.59 Å². The lowest BCUT2D eigenvalue weighted by molar-refractivity contribution is -0.141. The van der Waals surface area contributed by atoms with Gasteiger partial charge < -0.3 is 15.7 Å². The SMILES string of the molecule is O=C(Nc1ccnn1CC1CCC1)C1CCC(C(=O)O)NC1. The van der Waals surface area contributed by atoms with E-state index in [0.717, 1.165) is 12.4 Å². The Hall–Kier alpha value is -1.89. The minimum absolute atomic E-state index is 0.0632. The van der Waals surface area contributed by atoms with Gasteiger partial charge in [-0.3, -0.25) is 9.59 Å². The fourth-order valence-electron chi connectivity index (χ4n) is 3.02. The summed E-state index contributed by atoms with van der Waals surface area (Å²) in [4.78, 5) is 23.2. The molecule has 2 fully saturated rings. The lowest BCUT2D eigenvalue weighted by Crippen LogP contribution is -2.47. The number of amides is 1. The number of anilines is 1. The van der Waals surface area contributed by atoms with E-state index in [4.69, 9.17) is 5.11 Å². The molecule has 1 saturated carbocycles. The number of aliphatic carboxylic acids is 1. The van der Waals surface area contributed by atoms with Gasteiger partial charge in [0.1, 0.15) is 11.9 Å². The van der Waals surface area contributed by atoms with Crippen molar-refractivity contribution in [2.45, 2.75) is 44.7 Å². The Morgan fingerprint density at radius 1 is 1.36 bits per heavy atom. The lowest BCUT2D eigenvalue weighted by atomic mass is 9.85. The molecule has 1 amide bonds. The zero-order valence-corrected chi connectivity index (χ0v) is 12.5. The van der Waals surface area contributed by atoms with E-state index in [-0.39, 0.29) is 11.8 Å². The van der Waals surface area contributed by atoms with Gasteiger partial charge in [-0.2, -0.15) is 5.10 Å². The van der Waals surface area contributed by atoms with Gasteiger partial charge in [0.2, 0.25) is 5.91 Å². The zero-order valence-electron chi connectivity index (χ0n) is 12.5. The average molecular weight is 306 g/mol. The number of nitrogens with zero attached hydrogens (tertiary/aromatic N) is 2. The van der Waals surface area contributed by atoms with Crippen LogP contribution in [0, 0.1) is 11.8 Å². The van der Waals surface area contributed by atoms with Crippen molar-refractivity contribution in [3.05, 3.63) is 12.3 Å². The fraction of sp³-hybridized carbons (Fsp3) is 0.667. The number of rotatable bonds is 5. The van der Waals surface area contributed by atoms with Gasteiger partial charge in [-0.05, 0) is 31.6 Å². The molecule has 1 aliphatic carbocycles. The highest BCUT2D eigenvalue weighted by Crippen LogP contribution is 2.28. The van der Waals surface area contributed by atoms with Crippen LogP contribution in [0.5, 0.6) is 0 Å². The third-order valence-electron chi connectivity index (χ3n) is 4.71. The minimum Gasteiger partial charge on any atom is -0.480 e. The summed E-state index contributed by atoms with van der Waals surface area (Å²) in [6.45, 7) is 1.26. The van der Waals surface area contributed by atoms with Crippen LogP contribution in [-0.4, -0.2) is 39.4 Å². The Bertz CT molecular complexity index is 545. The summed E-state index contributed by atoms with van der Waals surface area (Å²) in [5, 5.41) is 19.1. The smallest absolute Gasteiger partial charge is 0.320 e. The molecule has 1 aromatic heterocycles. The first kappa shape index (κ1) is 15.0. The Kier molecular flexibility index (Phi) is 4.42. The first-order valence-electron chi connectivity index (χ1n) is 7.92. The topological polar surface area (TPSA) is 96.2 Å². The second kappa shape index (κ2) is 6.48. The van der Waals surface area contributed by atoms with Crippen LogP contribution in [-0.2, 0) is 16.1 Å². The normalized spacial score (nSPS) is 25.5. The molecule has 1 aliphatic heterocycles. The van der Waals surface area contributed by atoms with E-state index in [1.165, 1.54) is 19.3 Å². The van der Waals surface area contributed by atoms with Crippen LogP contribution in [0.15, 0.2) is 12.3 Å². The molecule has 3 rings (SSSR count). The lowest BCUT2D eigenvalue weighted by Gasteiger charge is -2.27. The highest BCUT2D eigenvalue weighted by Gasteiger charge is 2.29. The molecular formula is C15H22N4O3. The van der Waals surface area contributed by atoms with Crippen molar-refractivity contribution >= 4 is 17.7 Å². The van der Waals surface area contributed by atoms with Gasteiger partial charge in [-0.1, -0.05) is 6.42 Å². The van der Waals surface area contributed by atoms with Crippen LogP contribution in [0.3, 0.4) is 0 Å². The second-order valence-corrected chi connectivity index (χ2v) is 6.26. The van der Waals surface area contributed by atoms with Crippen LogP contribution in [0.1, 0.15) is 32.1 Å². The molecule has 1 saturated heterocycles. The van der Waals surface area contributed by atoms with Crippen molar-refractivity contribution in [1.29, 1.82) is 0 Å². The average Bonchev–Trinajstić information content (AvgIpc) is 2.90. The van der Waals surface area contributed by atoms with E-state index < -0.39 is 12.0 Å². The Labute approximate surface area is 129 Å². The summed E-state index contributed by atoms with van der Waals surface area (Å²) >= 11 is 0. The number of hydrogen-bond donors (Lipinski definition) is 3. The highest BCUT2D eigenvalue weighted by molar-refractivity contribution is 5.92. The quantitative estimate of drug-likeness (QED) is 0.756. The minimum atomic E-state index is -0.850. The summed E-state index contributed by atoms with van der Waals surface area (Å²) in [5.41, 5.74) is 0. The number of hydrogen-bond acceptors (Lipinski definition) is 4. The van der Waals surface area contributed by atoms with Crippen LogP contribution in [0.2, 0.25) is 0 Å². The number of carbonyl (C=O) groups is 2. The first-order chi connectivity index (χ1) is 10.6. The summed E-state index contributed by atoms with van der Waals surface area (Å²) in [6, 6.07) is 1.28. The fourth-order valence-corrected chi connectivity index (χ4v) is 3.02. The van der Waals surface area contributed by atoms with Gasteiger partial charge in [0.15, 0.2) is 0 Å². The number of aromatic nitrogens is 2. The van der Waals surface area contributed by atoms with Gasteiger partial charge in [0, 0.05) is 19.2 Å². The molecule has 2 unspecified atom stereocenters. The van der Waals surface area contributed by atoms with Crippen molar-refractivity contribution < 1.29 is 14.7 Å². The first-order valence-corrected chi connectivity index (χ1v) is 7.92. The van der Waals surface area contributed by atoms with Gasteiger partial charge in [-0.15, -0.1) is 0 Å². The van der Waals surface area contributed by atoms with Gasteiger partial charge in [-0.25, -0.2) is 4.68 Å². The molecule has 0 spiro atoms. The van der Waals surface area contributed by atoms with Crippen molar-refractivity contribution in [2.75, 3.05) is 11.9 Å². The standard InChI is InChI=1S/C15H22N4O3/c20-14(11-4-5-12(15(21)22)16-8-11)18-13-6-7-17-19(13)9-10-2-1-3-10/h6-7,10-12,16H,1-5,8-9H2,(H,18,20)(H,21,22). The molecule has 1 aromatic rings. The number of carboxylic acid groups (broad SMARTS) is 1. The number of carbonyl (C=O) groups excluding carboxylic acids is 1. The van der Waals surface area contributed by atoms with Crippen LogP contribution in [0.4, 0.5) is 5.82 Å². The summed E-state index contributed by atoms with van der Waals surface area (Å²) < 4.78 is 1.86. The summed E-state index contributed by atoms with van der Waals surface area (Å²) in [5.74, 6) is 0.298. The molecular weight excluding hydrogens is 284 g/mol. The van der Waals surface area contributed by atoms with Crippen molar-refractivity contribution in [3.8, 4) is 0 Å². The molecule has 120 valence electrons. The van der Waals surface area contributed by atoms with E-state index >= 15 is 0 Å². The van der Waals surface area contributed by atoms with E-state index in [0.29, 0.717) is 25.3 Å². The number of nitrogens with one attached hydrogen (secondary N) is 2.